The number of carboxylic acids is 1. The van der Waals surface area contributed by atoms with E-state index in [-0.39, 0.29) is 47.9 Å². The summed E-state index contributed by atoms with van der Waals surface area (Å²) in [5, 5.41) is 9.02. The molecule has 0 heterocycles. The highest BCUT2D eigenvalue weighted by molar-refractivity contribution is 7.90. The fourth-order valence-corrected chi connectivity index (χ4v) is 5.09. The zero-order valence-electron chi connectivity index (χ0n) is 21.8. The minimum absolute atomic E-state index is 0.0386. The summed E-state index contributed by atoms with van der Waals surface area (Å²) in [6.45, 7) is -1.23. The molecule has 0 spiro atoms. The van der Waals surface area contributed by atoms with Gasteiger partial charge in [-0.1, -0.05) is 36.4 Å². The van der Waals surface area contributed by atoms with Crippen LogP contribution in [-0.4, -0.2) is 50.3 Å². The van der Waals surface area contributed by atoms with E-state index in [0.717, 1.165) is 42.7 Å². The largest absolute Gasteiger partial charge is 0.494 e. The van der Waals surface area contributed by atoms with Crippen molar-refractivity contribution in [2.24, 2.45) is 0 Å². The first-order valence-electron chi connectivity index (χ1n) is 12.2. The van der Waals surface area contributed by atoms with Crippen molar-refractivity contribution in [1.29, 1.82) is 0 Å². The molecule has 1 N–H and O–H groups in total. The van der Waals surface area contributed by atoms with Crippen LogP contribution in [0, 0.1) is 5.82 Å². The van der Waals surface area contributed by atoms with E-state index >= 15 is 8.78 Å². The molecule has 222 valence electrons. The molecule has 0 atom stereocenters. The quantitative estimate of drug-likeness (QED) is 0.192. The van der Waals surface area contributed by atoms with Gasteiger partial charge in [0.25, 0.3) is 5.92 Å². The Bertz CT molecular complexity index is 1460. The van der Waals surface area contributed by atoms with Crippen molar-refractivity contribution in [2.75, 3.05) is 26.0 Å². The van der Waals surface area contributed by atoms with Crippen LogP contribution in [0.4, 0.5) is 26.3 Å². The van der Waals surface area contributed by atoms with Crippen LogP contribution >= 0.6 is 0 Å². The van der Waals surface area contributed by atoms with E-state index in [1.54, 1.807) is 0 Å². The number of carbonyl (C=O) groups is 1. The van der Waals surface area contributed by atoms with Gasteiger partial charge in [0.2, 0.25) is 0 Å². The molecule has 13 heteroatoms. The first kappa shape index (κ1) is 31.9. The maximum absolute atomic E-state index is 15.1. The number of ether oxygens (including phenoxy) is 1. The Morgan fingerprint density at radius 1 is 0.951 bits per heavy atom. The fourth-order valence-electron chi connectivity index (χ4n) is 4.14. The lowest BCUT2D eigenvalue weighted by atomic mass is 10.1. The molecule has 0 aliphatic carbocycles. The summed E-state index contributed by atoms with van der Waals surface area (Å²) in [5.74, 6) is -5.26. The summed E-state index contributed by atoms with van der Waals surface area (Å²) in [4.78, 5) is 12.1. The van der Waals surface area contributed by atoms with Crippen molar-refractivity contribution in [3.8, 4) is 5.75 Å². The Morgan fingerprint density at radius 3 is 2.24 bits per heavy atom. The summed E-state index contributed by atoms with van der Waals surface area (Å²) in [5.41, 5.74) is -1.15. The average Bonchev–Trinajstić information content (AvgIpc) is 2.86. The third-order valence-corrected chi connectivity index (χ3v) is 7.20. The number of aliphatic carboxylic acids is 1. The molecule has 0 aliphatic heterocycles. The standard InChI is InChI=1S/C28H27F6NO5S/c1-41(38,39)25-16-24(11-6-20(25)15-26(36)37)40-13-3-12-35(17-19-4-2-5-22(14-19)28(32,33)34)18-27(30,31)21-7-9-23(29)10-8-21/h2,4-11,14,16H,3,12-13,15,17-18H2,1H3,(H,36,37). The van der Waals surface area contributed by atoms with Gasteiger partial charge in [0.05, 0.1) is 30.0 Å². The van der Waals surface area contributed by atoms with E-state index in [9.17, 15) is 30.8 Å². The van der Waals surface area contributed by atoms with Gasteiger partial charge < -0.3 is 9.84 Å². The number of sulfone groups is 1. The summed E-state index contributed by atoms with van der Waals surface area (Å²) >= 11 is 0. The molecule has 0 fully saturated rings. The Labute approximate surface area is 233 Å². The average molecular weight is 604 g/mol. The van der Waals surface area contributed by atoms with Crippen LogP contribution in [0.25, 0.3) is 0 Å². The molecule has 0 saturated carbocycles. The Balaban J connectivity index is 1.75. The summed E-state index contributed by atoms with van der Waals surface area (Å²) in [7, 11) is -3.78. The SMILES string of the molecule is CS(=O)(=O)c1cc(OCCCN(Cc2cccc(C(F)(F)F)c2)CC(F)(F)c2ccc(F)cc2)ccc1CC(=O)O. The molecule has 0 radical (unpaired) electrons. The third-order valence-electron chi connectivity index (χ3n) is 6.02. The highest BCUT2D eigenvalue weighted by Crippen LogP contribution is 2.32. The van der Waals surface area contributed by atoms with Gasteiger partial charge in [0.1, 0.15) is 11.6 Å². The molecule has 0 bridgehead atoms. The first-order chi connectivity index (χ1) is 19.0. The van der Waals surface area contributed by atoms with Crippen LogP contribution in [0.3, 0.4) is 0 Å². The minimum atomic E-state index is -4.61. The fraction of sp³-hybridized carbons (Fsp3) is 0.321. The van der Waals surface area contributed by atoms with Crippen molar-refractivity contribution in [3.63, 3.8) is 0 Å². The monoisotopic (exact) mass is 603 g/mol. The summed E-state index contributed by atoms with van der Waals surface area (Å²) in [6.07, 6.45) is -4.08. The molecule has 3 aromatic carbocycles. The van der Waals surface area contributed by atoms with E-state index in [2.05, 4.69) is 0 Å². The van der Waals surface area contributed by atoms with Crippen LogP contribution < -0.4 is 4.74 Å². The number of rotatable bonds is 13. The number of alkyl halides is 5. The van der Waals surface area contributed by atoms with Gasteiger partial charge in [-0.2, -0.15) is 22.0 Å². The van der Waals surface area contributed by atoms with E-state index < -0.39 is 57.8 Å². The molecule has 0 aliphatic rings. The number of nitrogens with zero attached hydrogens (tertiary/aromatic N) is 1. The zero-order chi connectivity index (χ0) is 30.4. The maximum Gasteiger partial charge on any atom is 0.416 e. The maximum atomic E-state index is 15.1. The minimum Gasteiger partial charge on any atom is -0.494 e. The highest BCUT2D eigenvalue weighted by atomic mass is 32.2. The molecule has 0 unspecified atom stereocenters. The number of benzene rings is 3. The van der Waals surface area contributed by atoms with E-state index in [1.807, 2.05) is 0 Å². The van der Waals surface area contributed by atoms with Crippen LogP contribution in [-0.2, 0) is 39.7 Å². The molecule has 3 rings (SSSR count). The van der Waals surface area contributed by atoms with Gasteiger partial charge in [0.15, 0.2) is 9.84 Å². The first-order valence-corrected chi connectivity index (χ1v) is 14.1. The zero-order valence-corrected chi connectivity index (χ0v) is 22.6. The summed E-state index contributed by atoms with van der Waals surface area (Å²) < 4.78 is 113. The number of hydrogen-bond acceptors (Lipinski definition) is 5. The predicted octanol–water partition coefficient (Wildman–Crippen LogP) is 5.94. The van der Waals surface area contributed by atoms with Gasteiger partial charge in [-0.25, -0.2) is 12.8 Å². The molecular weight excluding hydrogens is 576 g/mol. The normalized spacial score (nSPS) is 12.5. The van der Waals surface area contributed by atoms with Crippen LogP contribution in [0.15, 0.2) is 71.6 Å². The Morgan fingerprint density at radius 2 is 1.63 bits per heavy atom. The van der Waals surface area contributed by atoms with Crippen molar-refractivity contribution in [1.82, 2.24) is 4.90 Å². The summed E-state index contributed by atoms with van der Waals surface area (Å²) in [6, 6.07) is 11.9. The lowest BCUT2D eigenvalue weighted by molar-refractivity contribution is -0.138. The van der Waals surface area contributed by atoms with E-state index in [1.165, 1.54) is 35.2 Å². The van der Waals surface area contributed by atoms with Gasteiger partial charge in [-0.3, -0.25) is 9.69 Å². The van der Waals surface area contributed by atoms with Gasteiger partial charge in [-0.15, -0.1) is 0 Å². The second kappa shape index (κ2) is 12.9. The highest BCUT2D eigenvalue weighted by Gasteiger charge is 2.35. The topological polar surface area (TPSA) is 83.9 Å². The molecule has 0 saturated heterocycles. The molecule has 3 aromatic rings. The van der Waals surface area contributed by atoms with Gasteiger partial charge in [-0.05, 0) is 47.9 Å². The lowest BCUT2D eigenvalue weighted by Crippen LogP contribution is -2.36. The Kier molecular flexibility index (Phi) is 10.1. The predicted molar refractivity (Wildman–Crippen MR) is 138 cm³/mol. The van der Waals surface area contributed by atoms with Crippen LogP contribution in [0.2, 0.25) is 0 Å². The molecule has 41 heavy (non-hydrogen) atoms. The van der Waals surface area contributed by atoms with Gasteiger partial charge in [0, 0.05) is 24.9 Å². The van der Waals surface area contributed by atoms with Crippen LogP contribution in [0.1, 0.15) is 28.7 Å². The van der Waals surface area contributed by atoms with E-state index in [0.29, 0.717) is 0 Å². The van der Waals surface area contributed by atoms with Crippen molar-refractivity contribution >= 4 is 15.8 Å². The van der Waals surface area contributed by atoms with Crippen molar-refractivity contribution < 1.29 is 49.4 Å². The molecule has 0 amide bonds. The van der Waals surface area contributed by atoms with Gasteiger partial charge >= 0.3 is 12.1 Å². The third kappa shape index (κ3) is 9.49. The molecular formula is C28H27F6NO5S. The number of carboxylic acid groups (broad SMARTS) is 1. The van der Waals surface area contributed by atoms with Crippen molar-refractivity contribution in [3.05, 3.63) is 94.8 Å². The molecule has 6 nitrogen and oxygen atoms in total. The van der Waals surface area contributed by atoms with Crippen molar-refractivity contribution in [2.45, 2.75) is 36.4 Å². The second-order valence-electron chi connectivity index (χ2n) is 9.43. The smallest absolute Gasteiger partial charge is 0.416 e. The van der Waals surface area contributed by atoms with Crippen LogP contribution in [0.5, 0.6) is 5.75 Å². The van der Waals surface area contributed by atoms with E-state index in [4.69, 9.17) is 9.84 Å². The second-order valence-corrected chi connectivity index (χ2v) is 11.4. The lowest BCUT2D eigenvalue weighted by Gasteiger charge is -2.28. The number of hydrogen-bond donors (Lipinski definition) is 1. The number of halogens is 6. The molecule has 0 aromatic heterocycles. The Hall–Kier alpha value is -3.58.